The molecule has 1 heterocycles. The van der Waals surface area contributed by atoms with Gasteiger partial charge in [0.15, 0.2) is 5.78 Å². The van der Waals surface area contributed by atoms with Crippen LogP contribution < -0.4 is 5.32 Å². The number of nitrogens with one attached hydrogen (secondary N) is 1. The second-order valence-corrected chi connectivity index (χ2v) is 9.18. The molecule has 0 saturated carbocycles. The molecule has 5 rings (SSSR count). The predicted octanol–water partition coefficient (Wildman–Crippen LogP) is 5.63. The summed E-state index contributed by atoms with van der Waals surface area (Å²) in [6.07, 6.45) is 0.418. The third-order valence-electron chi connectivity index (χ3n) is 7.17. The van der Waals surface area contributed by atoms with E-state index in [1.807, 2.05) is 48.5 Å². The van der Waals surface area contributed by atoms with Crippen LogP contribution in [0.3, 0.4) is 0 Å². The fraction of sp³-hybridized carbons (Fsp3) is 0.219. The first-order valence-corrected chi connectivity index (χ1v) is 12.5. The fourth-order valence-electron chi connectivity index (χ4n) is 5.52. The Hall–Kier alpha value is -3.53. The van der Waals surface area contributed by atoms with E-state index in [9.17, 15) is 4.79 Å². The lowest BCUT2D eigenvalue weighted by atomic mass is 9.73. The van der Waals surface area contributed by atoms with Crippen molar-refractivity contribution >= 4 is 5.78 Å². The van der Waals surface area contributed by atoms with Crippen molar-refractivity contribution in [3.63, 3.8) is 0 Å². The Balaban J connectivity index is 1.66. The van der Waals surface area contributed by atoms with Crippen molar-refractivity contribution in [3.05, 3.63) is 144 Å². The van der Waals surface area contributed by atoms with E-state index in [0.29, 0.717) is 6.42 Å². The van der Waals surface area contributed by atoms with Gasteiger partial charge in [0, 0.05) is 38.5 Å². The van der Waals surface area contributed by atoms with E-state index >= 15 is 0 Å². The first-order valence-electron chi connectivity index (χ1n) is 12.5. The van der Waals surface area contributed by atoms with E-state index in [2.05, 4.69) is 83.0 Å². The molecule has 176 valence electrons. The molecule has 0 amide bonds. The number of nitrogens with zero attached hydrogens (tertiary/aromatic N) is 1. The van der Waals surface area contributed by atoms with Crippen molar-refractivity contribution < 1.29 is 4.79 Å². The molecule has 1 aliphatic rings. The number of Topliss-reactive ketones (excluding diaryl/α,β-unsaturated/α-hetero) is 1. The van der Waals surface area contributed by atoms with E-state index < -0.39 is 5.54 Å². The molecule has 1 fully saturated rings. The molecule has 0 spiro atoms. The van der Waals surface area contributed by atoms with Gasteiger partial charge in [-0.25, -0.2) is 0 Å². The van der Waals surface area contributed by atoms with Gasteiger partial charge >= 0.3 is 0 Å². The quantitative estimate of drug-likeness (QED) is 0.370. The van der Waals surface area contributed by atoms with E-state index in [1.165, 1.54) is 11.1 Å². The fourth-order valence-corrected chi connectivity index (χ4v) is 5.52. The van der Waals surface area contributed by atoms with Crippen LogP contribution in [-0.4, -0.2) is 36.9 Å². The van der Waals surface area contributed by atoms with Crippen LogP contribution in [0.4, 0.5) is 0 Å². The highest BCUT2D eigenvalue weighted by atomic mass is 16.1. The van der Waals surface area contributed by atoms with Gasteiger partial charge in [-0.2, -0.15) is 0 Å². The maximum Gasteiger partial charge on any atom is 0.163 e. The van der Waals surface area contributed by atoms with E-state index in [0.717, 1.165) is 37.3 Å². The summed E-state index contributed by atoms with van der Waals surface area (Å²) in [4.78, 5) is 17.3. The Labute approximate surface area is 208 Å². The molecule has 0 unspecified atom stereocenters. The maximum atomic E-state index is 14.9. The molecule has 0 aliphatic carbocycles. The Bertz CT molecular complexity index is 1120. The standard InChI is InChI=1S/C32H32N2O/c35-31(25-30(26-13-5-1-6-14-26)27-15-7-2-8-16-27)32(28-17-9-3-10-18-28,29-19-11-4-12-20-29)34-23-21-33-22-24-34/h1-20,30,33H,21-25H2. The van der Waals surface area contributed by atoms with Gasteiger partial charge < -0.3 is 5.32 Å². The van der Waals surface area contributed by atoms with E-state index in [4.69, 9.17) is 0 Å². The highest BCUT2D eigenvalue weighted by molar-refractivity contribution is 5.94. The molecule has 0 radical (unpaired) electrons. The lowest BCUT2D eigenvalue weighted by Crippen LogP contribution is -2.59. The highest BCUT2D eigenvalue weighted by Gasteiger charge is 2.47. The van der Waals surface area contributed by atoms with Gasteiger partial charge in [-0.15, -0.1) is 0 Å². The number of carbonyl (C=O) groups is 1. The number of hydrogen-bond acceptors (Lipinski definition) is 3. The number of hydrogen-bond donors (Lipinski definition) is 1. The summed E-state index contributed by atoms with van der Waals surface area (Å²) in [5, 5.41) is 3.47. The van der Waals surface area contributed by atoms with Crippen molar-refractivity contribution in [2.75, 3.05) is 26.2 Å². The third-order valence-corrected chi connectivity index (χ3v) is 7.17. The molecule has 1 saturated heterocycles. The van der Waals surface area contributed by atoms with Crippen molar-refractivity contribution in [2.24, 2.45) is 0 Å². The van der Waals surface area contributed by atoms with E-state index in [-0.39, 0.29) is 11.7 Å². The maximum absolute atomic E-state index is 14.9. The summed E-state index contributed by atoms with van der Waals surface area (Å²) in [6.45, 7) is 3.37. The second-order valence-electron chi connectivity index (χ2n) is 9.18. The lowest BCUT2D eigenvalue weighted by molar-refractivity contribution is -0.130. The van der Waals surface area contributed by atoms with Crippen molar-refractivity contribution in [2.45, 2.75) is 17.9 Å². The lowest BCUT2D eigenvalue weighted by Gasteiger charge is -2.46. The average molecular weight is 461 g/mol. The van der Waals surface area contributed by atoms with Crippen molar-refractivity contribution in [3.8, 4) is 0 Å². The topological polar surface area (TPSA) is 32.3 Å². The first kappa shape index (κ1) is 23.2. The Kier molecular flexibility index (Phi) is 7.17. The monoisotopic (exact) mass is 460 g/mol. The minimum Gasteiger partial charge on any atom is -0.314 e. The van der Waals surface area contributed by atoms with Crippen molar-refractivity contribution in [1.29, 1.82) is 0 Å². The number of benzene rings is 4. The minimum atomic E-state index is -0.841. The van der Waals surface area contributed by atoms with Gasteiger partial charge in [0.1, 0.15) is 5.54 Å². The molecule has 3 heteroatoms. The predicted molar refractivity (Wildman–Crippen MR) is 142 cm³/mol. The van der Waals surface area contributed by atoms with Gasteiger partial charge in [-0.05, 0) is 22.3 Å². The molecule has 35 heavy (non-hydrogen) atoms. The van der Waals surface area contributed by atoms with Gasteiger partial charge in [0.2, 0.25) is 0 Å². The first-order chi connectivity index (χ1) is 17.3. The third kappa shape index (κ3) is 4.70. The molecule has 0 aromatic heterocycles. The van der Waals surface area contributed by atoms with Crippen LogP contribution in [0.15, 0.2) is 121 Å². The summed E-state index contributed by atoms with van der Waals surface area (Å²) >= 11 is 0. The summed E-state index contributed by atoms with van der Waals surface area (Å²) in [5.41, 5.74) is 3.58. The molecule has 3 nitrogen and oxygen atoms in total. The Morgan fingerprint density at radius 1 is 0.657 bits per heavy atom. The molecule has 4 aromatic carbocycles. The molecular weight excluding hydrogens is 428 g/mol. The molecule has 0 atom stereocenters. The Morgan fingerprint density at radius 2 is 1.06 bits per heavy atom. The van der Waals surface area contributed by atoms with Crippen LogP contribution in [0.2, 0.25) is 0 Å². The second kappa shape index (κ2) is 10.8. The number of rotatable bonds is 8. The molecule has 1 aliphatic heterocycles. The van der Waals surface area contributed by atoms with Crippen molar-refractivity contribution in [1.82, 2.24) is 10.2 Å². The van der Waals surface area contributed by atoms with Gasteiger partial charge in [-0.1, -0.05) is 121 Å². The number of carbonyl (C=O) groups excluding carboxylic acids is 1. The summed E-state index contributed by atoms with van der Waals surface area (Å²) in [6, 6.07) is 41.6. The zero-order chi connectivity index (χ0) is 23.9. The summed E-state index contributed by atoms with van der Waals surface area (Å²) < 4.78 is 0. The number of ketones is 1. The smallest absolute Gasteiger partial charge is 0.163 e. The van der Waals surface area contributed by atoms with E-state index in [1.54, 1.807) is 0 Å². The SMILES string of the molecule is O=C(CC(c1ccccc1)c1ccccc1)C(c1ccccc1)(c1ccccc1)N1CCNCC1. The summed E-state index contributed by atoms with van der Waals surface area (Å²) in [5.74, 6) is 0.217. The minimum absolute atomic E-state index is 0.0142. The average Bonchev–Trinajstić information content (AvgIpc) is 2.95. The number of piperazine rings is 1. The van der Waals surface area contributed by atoms with Crippen LogP contribution in [0.5, 0.6) is 0 Å². The summed E-state index contributed by atoms with van der Waals surface area (Å²) in [7, 11) is 0. The van der Waals surface area contributed by atoms with Gasteiger partial charge in [0.25, 0.3) is 0 Å². The molecular formula is C32H32N2O. The van der Waals surface area contributed by atoms with Gasteiger partial charge in [0.05, 0.1) is 0 Å². The normalized spacial score (nSPS) is 14.7. The molecule has 0 bridgehead atoms. The van der Waals surface area contributed by atoms with Crippen LogP contribution in [0.1, 0.15) is 34.6 Å². The van der Waals surface area contributed by atoms with Crippen LogP contribution in [-0.2, 0) is 10.3 Å². The molecule has 4 aromatic rings. The Morgan fingerprint density at radius 3 is 1.49 bits per heavy atom. The van der Waals surface area contributed by atoms with Gasteiger partial charge in [-0.3, -0.25) is 9.69 Å². The largest absolute Gasteiger partial charge is 0.314 e. The van der Waals surface area contributed by atoms with Crippen LogP contribution in [0.25, 0.3) is 0 Å². The van der Waals surface area contributed by atoms with Crippen LogP contribution in [0, 0.1) is 0 Å². The highest BCUT2D eigenvalue weighted by Crippen LogP contribution is 2.41. The zero-order valence-corrected chi connectivity index (χ0v) is 20.0. The van der Waals surface area contributed by atoms with Crippen LogP contribution >= 0.6 is 0 Å². The molecule has 1 N–H and O–H groups in total. The zero-order valence-electron chi connectivity index (χ0n) is 20.0.